The Morgan fingerprint density at radius 3 is 2.51 bits per heavy atom. The molecule has 1 aliphatic carbocycles. The predicted octanol–water partition coefficient (Wildman–Crippen LogP) is 3.98. The molecule has 0 unspecified atom stereocenters. The average Bonchev–Trinajstić information content (AvgIpc) is 3.23. The molecule has 190 valence electrons. The quantitative estimate of drug-likeness (QED) is 0.349. The third-order valence-corrected chi connectivity index (χ3v) is 6.41. The largest absolute Gasteiger partial charge is 0.489 e. The number of hydrogen-bond acceptors (Lipinski definition) is 8. The maximum atomic E-state index is 12.5. The monoisotopic (exact) mass is 507 g/mol. The highest BCUT2D eigenvalue weighted by molar-refractivity contribution is 7.85. The van der Waals surface area contributed by atoms with E-state index >= 15 is 0 Å². The molecule has 0 spiro atoms. The third-order valence-electron chi connectivity index (χ3n) is 5.54. The first-order chi connectivity index (χ1) is 16.7. The van der Waals surface area contributed by atoms with Crippen LogP contribution < -0.4 is 15.8 Å². The van der Waals surface area contributed by atoms with Crippen molar-refractivity contribution in [3.8, 4) is 5.75 Å². The molecule has 2 aromatic carbocycles. The summed E-state index contributed by atoms with van der Waals surface area (Å²) in [6.07, 6.45) is 3.65. The summed E-state index contributed by atoms with van der Waals surface area (Å²) in [5.74, 6) is 0.568. The van der Waals surface area contributed by atoms with E-state index < -0.39 is 10.1 Å². The van der Waals surface area contributed by atoms with E-state index in [-0.39, 0.29) is 30.2 Å². The summed E-state index contributed by atoms with van der Waals surface area (Å²) in [4.78, 5) is 4.34. The molecule has 35 heavy (non-hydrogen) atoms. The van der Waals surface area contributed by atoms with Crippen LogP contribution in [0.5, 0.6) is 5.75 Å². The molecule has 9 nitrogen and oxygen atoms in total. The van der Waals surface area contributed by atoms with Crippen LogP contribution in [0, 0.1) is 6.92 Å². The molecule has 5 N–H and O–H groups in total. The van der Waals surface area contributed by atoms with Gasteiger partial charge in [-0.05, 0) is 56.9 Å². The maximum Gasteiger partial charge on any atom is 0.295 e. The van der Waals surface area contributed by atoms with E-state index in [0.717, 1.165) is 36.8 Å². The highest BCUT2D eigenvalue weighted by atomic mass is 32.2. The van der Waals surface area contributed by atoms with Crippen LogP contribution in [-0.2, 0) is 10.1 Å². The number of fused-ring (bicyclic) bond motifs is 1. The number of benzene rings is 2. The zero-order chi connectivity index (χ0) is 25.4. The van der Waals surface area contributed by atoms with E-state index in [1.54, 1.807) is 30.3 Å². The fourth-order valence-corrected chi connectivity index (χ4v) is 3.95. The molecule has 1 aromatic heterocycles. The topological polar surface area (TPSA) is 148 Å². The van der Waals surface area contributed by atoms with Crippen LogP contribution in [-0.4, -0.2) is 48.4 Å². The second-order valence-corrected chi connectivity index (χ2v) is 9.77. The van der Waals surface area contributed by atoms with Gasteiger partial charge in [0.25, 0.3) is 16.1 Å². The molecule has 0 saturated heterocycles. The van der Waals surface area contributed by atoms with Gasteiger partial charge in [0, 0.05) is 24.2 Å². The van der Waals surface area contributed by atoms with Crippen LogP contribution in [0.2, 0.25) is 0 Å². The first-order valence-electron chi connectivity index (χ1n) is 11.2. The first kappa shape index (κ1) is 26.6. The fraction of sp³-hybridized carbons (Fsp3) is 0.375. The van der Waals surface area contributed by atoms with Crippen molar-refractivity contribution in [2.45, 2.75) is 49.6 Å². The molecule has 1 heterocycles. The number of nitrogens with two attached hydrogens (primary N) is 1. The standard InChI is InChI=1S/C17H22FN3O3.C7H8O3S/c18-8-11(9-19)10-23-14-5-6-15-16(7-14)24-17(21-15)20-12-1-3-13(22)4-2-12;1-6-2-4-7(5-3-6)11(8,9)10/h5-8,12-13,22H,1-4,9-10,19H2,(H,20,21);2-5H,1H3,(H,8,9,10)/b11-8-;. The van der Waals surface area contributed by atoms with E-state index in [4.69, 9.17) is 19.4 Å². The van der Waals surface area contributed by atoms with Gasteiger partial charge in [0.1, 0.15) is 17.9 Å². The van der Waals surface area contributed by atoms with Crippen molar-refractivity contribution in [1.82, 2.24) is 4.98 Å². The summed E-state index contributed by atoms with van der Waals surface area (Å²) < 4.78 is 53.3. The lowest BCUT2D eigenvalue weighted by molar-refractivity contribution is 0.125. The Kier molecular flexibility index (Phi) is 9.21. The number of nitrogens with zero attached hydrogens (tertiary/aromatic N) is 1. The summed E-state index contributed by atoms with van der Waals surface area (Å²) in [6, 6.07) is 12.0. The summed E-state index contributed by atoms with van der Waals surface area (Å²) >= 11 is 0. The van der Waals surface area contributed by atoms with Crippen LogP contribution in [0.15, 0.2) is 63.7 Å². The molecule has 0 aliphatic heterocycles. The highest BCUT2D eigenvalue weighted by Gasteiger charge is 2.20. The van der Waals surface area contributed by atoms with Crippen LogP contribution in [0.1, 0.15) is 31.2 Å². The average molecular weight is 508 g/mol. The Balaban J connectivity index is 0.000000261. The van der Waals surface area contributed by atoms with Crippen LogP contribution in [0.4, 0.5) is 10.4 Å². The van der Waals surface area contributed by atoms with Crippen LogP contribution in [0.3, 0.4) is 0 Å². The fourth-order valence-electron chi connectivity index (χ4n) is 3.47. The number of halogens is 1. The van der Waals surface area contributed by atoms with Crippen molar-refractivity contribution in [2.75, 3.05) is 18.5 Å². The van der Waals surface area contributed by atoms with Gasteiger partial charge >= 0.3 is 0 Å². The van der Waals surface area contributed by atoms with Gasteiger partial charge in [-0.25, -0.2) is 4.39 Å². The van der Waals surface area contributed by atoms with E-state index in [0.29, 0.717) is 29.3 Å². The molecule has 1 saturated carbocycles. The molecule has 11 heteroatoms. The van der Waals surface area contributed by atoms with Gasteiger partial charge in [0.15, 0.2) is 5.58 Å². The van der Waals surface area contributed by atoms with Crippen LogP contribution in [0.25, 0.3) is 11.1 Å². The molecular formula is C24H30FN3O6S. The van der Waals surface area contributed by atoms with Crippen molar-refractivity contribution in [3.63, 3.8) is 0 Å². The number of anilines is 1. The number of aromatic nitrogens is 1. The smallest absolute Gasteiger partial charge is 0.295 e. The number of rotatable bonds is 7. The molecule has 1 aliphatic rings. The van der Waals surface area contributed by atoms with Gasteiger partial charge in [-0.15, -0.1) is 0 Å². The zero-order valence-corrected chi connectivity index (χ0v) is 20.2. The van der Waals surface area contributed by atoms with Crippen molar-refractivity contribution in [3.05, 3.63) is 59.9 Å². The molecule has 3 aromatic rings. The van der Waals surface area contributed by atoms with Gasteiger partial charge in [0.05, 0.1) is 17.3 Å². The number of ether oxygens (including phenoxy) is 1. The number of nitrogens with one attached hydrogen (secondary N) is 1. The summed E-state index contributed by atoms with van der Waals surface area (Å²) in [5.41, 5.74) is 8.06. The predicted molar refractivity (Wildman–Crippen MR) is 131 cm³/mol. The zero-order valence-electron chi connectivity index (χ0n) is 19.4. The molecule has 1 fully saturated rings. The number of aliphatic hydroxyl groups excluding tert-OH is 1. The first-order valence-corrected chi connectivity index (χ1v) is 12.6. The number of hydrogen-bond donors (Lipinski definition) is 4. The van der Waals surface area contributed by atoms with E-state index in [2.05, 4.69) is 10.3 Å². The van der Waals surface area contributed by atoms with Gasteiger partial charge in [-0.2, -0.15) is 13.4 Å². The molecule has 0 bridgehead atoms. The highest BCUT2D eigenvalue weighted by Crippen LogP contribution is 2.27. The second-order valence-electron chi connectivity index (χ2n) is 8.35. The third kappa shape index (κ3) is 8.03. The molecule has 0 atom stereocenters. The van der Waals surface area contributed by atoms with Crippen molar-refractivity contribution < 1.29 is 31.6 Å². The Morgan fingerprint density at radius 1 is 1.23 bits per heavy atom. The molecule has 4 rings (SSSR count). The number of aliphatic hydroxyl groups is 1. The molecule has 0 amide bonds. The van der Waals surface area contributed by atoms with Gasteiger partial charge in [-0.1, -0.05) is 17.7 Å². The summed E-state index contributed by atoms with van der Waals surface area (Å²) in [6.45, 7) is 2.06. The lowest BCUT2D eigenvalue weighted by Gasteiger charge is -2.25. The Labute approximate surface area is 203 Å². The van der Waals surface area contributed by atoms with E-state index in [1.807, 2.05) is 6.92 Å². The number of aryl methyl sites for hydroxylation is 1. The van der Waals surface area contributed by atoms with E-state index in [9.17, 15) is 17.9 Å². The van der Waals surface area contributed by atoms with Gasteiger partial charge in [0.2, 0.25) is 0 Å². The number of oxazole rings is 1. The Bertz CT molecular complexity index is 1240. The lowest BCUT2D eigenvalue weighted by Crippen LogP contribution is -2.28. The van der Waals surface area contributed by atoms with Crippen molar-refractivity contribution >= 4 is 27.2 Å². The molecular weight excluding hydrogens is 477 g/mol. The Hall–Kier alpha value is -2.99. The van der Waals surface area contributed by atoms with Gasteiger partial charge in [-0.3, -0.25) is 4.55 Å². The van der Waals surface area contributed by atoms with Crippen molar-refractivity contribution in [1.29, 1.82) is 0 Å². The maximum absolute atomic E-state index is 12.5. The second kappa shape index (κ2) is 12.1. The van der Waals surface area contributed by atoms with Crippen molar-refractivity contribution in [2.24, 2.45) is 5.73 Å². The minimum absolute atomic E-state index is 0.0666. The normalized spacial score (nSPS) is 18.6. The summed E-state index contributed by atoms with van der Waals surface area (Å²) in [5, 5.41) is 12.8. The Morgan fingerprint density at radius 2 is 1.91 bits per heavy atom. The minimum atomic E-state index is -4.02. The van der Waals surface area contributed by atoms with Crippen LogP contribution >= 0.6 is 0 Å². The SMILES string of the molecule is Cc1ccc(S(=O)(=O)O)cc1.NC/C(=C/F)COc1ccc2nc(NC3CCC(O)CC3)oc2c1. The molecule has 0 radical (unpaired) electrons. The minimum Gasteiger partial charge on any atom is -0.489 e. The lowest BCUT2D eigenvalue weighted by atomic mass is 9.93. The summed E-state index contributed by atoms with van der Waals surface area (Å²) in [7, 11) is -4.02. The van der Waals surface area contributed by atoms with Gasteiger partial charge < -0.3 is 25.3 Å². The van der Waals surface area contributed by atoms with E-state index in [1.165, 1.54) is 12.1 Å².